The fourth-order valence-corrected chi connectivity index (χ4v) is 3.21. The summed E-state index contributed by atoms with van der Waals surface area (Å²) in [5, 5.41) is 5.21. The van der Waals surface area contributed by atoms with Crippen LogP contribution in [0, 0.1) is 0 Å². The molecule has 0 saturated heterocycles. The fraction of sp³-hybridized carbons (Fsp3) is 0.292. The van der Waals surface area contributed by atoms with Gasteiger partial charge < -0.3 is 19.5 Å². The van der Waals surface area contributed by atoms with Crippen molar-refractivity contribution in [3.63, 3.8) is 0 Å². The van der Waals surface area contributed by atoms with Gasteiger partial charge in [0.1, 0.15) is 5.75 Å². The summed E-state index contributed by atoms with van der Waals surface area (Å²) in [6.07, 6.45) is 0.759. The van der Waals surface area contributed by atoms with E-state index in [1.807, 2.05) is 61.5 Å². The summed E-state index contributed by atoms with van der Waals surface area (Å²) in [4.78, 5) is 12.6. The molecule has 0 aliphatic carbocycles. The number of hydrogen-bond acceptors (Lipinski definition) is 4. The van der Waals surface area contributed by atoms with Crippen LogP contribution in [-0.2, 0) is 11.2 Å². The maximum atomic E-state index is 12.6. The van der Waals surface area contributed by atoms with Crippen LogP contribution in [0.5, 0.6) is 17.2 Å². The van der Waals surface area contributed by atoms with Gasteiger partial charge in [0.25, 0.3) is 5.91 Å². The molecule has 0 radical (unpaired) electrons. The summed E-state index contributed by atoms with van der Waals surface area (Å²) in [5.41, 5.74) is 1.06. The molecule has 0 fully saturated rings. The molecular weight excluding hydrogens is 366 g/mol. The minimum Gasteiger partial charge on any atom is -0.493 e. The van der Waals surface area contributed by atoms with Crippen LogP contribution in [0.4, 0.5) is 0 Å². The third-order valence-electron chi connectivity index (χ3n) is 4.82. The van der Waals surface area contributed by atoms with Crippen molar-refractivity contribution in [2.75, 3.05) is 20.8 Å². The zero-order valence-electron chi connectivity index (χ0n) is 17.1. The van der Waals surface area contributed by atoms with E-state index >= 15 is 0 Å². The summed E-state index contributed by atoms with van der Waals surface area (Å²) < 4.78 is 16.5. The summed E-state index contributed by atoms with van der Waals surface area (Å²) >= 11 is 0. The summed E-state index contributed by atoms with van der Waals surface area (Å²) in [5.74, 6) is 1.96. The first-order chi connectivity index (χ1) is 14.1. The van der Waals surface area contributed by atoms with Gasteiger partial charge in [0, 0.05) is 6.54 Å². The fourth-order valence-electron chi connectivity index (χ4n) is 3.21. The Morgan fingerprint density at radius 2 is 1.69 bits per heavy atom. The highest BCUT2D eigenvalue weighted by atomic mass is 16.5. The second kappa shape index (κ2) is 9.82. The van der Waals surface area contributed by atoms with Gasteiger partial charge >= 0.3 is 0 Å². The first-order valence-corrected chi connectivity index (χ1v) is 9.78. The molecule has 3 aromatic rings. The molecule has 0 bridgehead atoms. The smallest absolute Gasteiger partial charge is 0.261 e. The number of rotatable bonds is 9. The van der Waals surface area contributed by atoms with Crippen LogP contribution < -0.4 is 19.5 Å². The maximum absolute atomic E-state index is 12.6. The van der Waals surface area contributed by atoms with E-state index < -0.39 is 6.10 Å². The molecule has 29 heavy (non-hydrogen) atoms. The van der Waals surface area contributed by atoms with Crippen LogP contribution in [-0.4, -0.2) is 32.8 Å². The molecule has 1 amide bonds. The lowest BCUT2D eigenvalue weighted by atomic mass is 10.1. The number of amides is 1. The second-order valence-electron chi connectivity index (χ2n) is 6.75. The standard InChI is InChI=1S/C24H27NO4/c1-4-21(29-20-11-10-18-7-5-6-8-19(18)16-20)24(26)25-14-13-17-9-12-22(27-2)23(15-17)28-3/h5-12,15-16,21H,4,13-14H2,1-3H3,(H,25,26). The number of benzene rings is 3. The number of methoxy groups -OCH3 is 2. The van der Waals surface area contributed by atoms with E-state index in [1.165, 1.54) is 0 Å². The highest BCUT2D eigenvalue weighted by Gasteiger charge is 2.18. The third kappa shape index (κ3) is 5.19. The molecule has 1 atom stereocenters. The predicted octanol–water partition coefficient (Wildman–Crippen LogP) is 4.37. The first kappa shape index (κ1) is 20.5. The van der Waals surface area contributed by atoms with E-state index in [-0.39, 0.29) is 5.91 Å². The second-order valence-corrected chi connectivity index (χ2v) is 6.75. The molecule has 0 aliphatic rings. The quantitative estimate of drug-likeness (QED) is 0.586. The van der Waals surface area contributed by atoms with E-state index in [9.17, 15) is 4.79 Å². The van der Waals surface area contributed by atoms with Crippen molar-refractivity contribution in [2.24, 2.45) is 0 Å². The molecule has 0 aliphatic heterocycles. The molecule has 3 rings (SSSR count). The SMILES string of the molecule is CCC(Oc1ccc2ccccc2c1)C(=O)NCCc1ccc(OC)c(OC)c1. The first-order valence-electron chi connectivity index (χ1n) is 9.78. The Hall–Kier alpha value is -3.21. The number of carbonyl (C=O) groups is 1. The number of carbonyl (C=O) groups excluding carboxylic acids is 1. The Balaban J connectivity index is 1.56. The van der Waals surface area contributed by atoms with Crippen LogP contribution in [0.3, 0.4) is 0 Å². The number of hydrogen-bond donors (Lipinski definition) is 1. The number of fused-ring (bicyclic) bond motifs is 1. The lowest BCUT2D eigenvalue weighted by molar-refractivity contribution is -0.128. The van der Waals surface area contributed by atoms with Crippen molar-refractivity contribution in [1.82, 2.24) is 5.32 Å². The summed E-state index contributed by atoms with van der Waals surface area (Å²) in [7, 11) is 3.22. The number of ether oxygens (including phenoxy) is 3. The van der Waals surface area contributed by atoms with Gasteiger partial charge in [0.15, 0.2) is 17.6 Å². The van der Waals surface area contributed by atoms with Gasteiger partial charge in [-0.15, -0.1) is 0 Å². The summed E-state index contributed by atoms with van der Waals surface area (Å²) in [6, 6.07) is 19.7. The summed E-state index contributed by atoms with van der Waals surface area (Å²) in [6.45, 7) is 2.46. The Bertz CT molecular complexity index is 970. The van der Waals surface area contributed by atoms with Crippen LogP contribution in [0.25, 0.3) is 10.8 Å². The molecule has 0 spiro atoms. The molecule has 3 aromatic carbocycles. The van der Waals surface area contributed by atoms with Gasteiger partial charge in [0.05, 0.1) is 14.2 Å². The monoisotopic (exact) mass is 393 g/mol. The van der Waals surface area contributed by atoms with Gasteiger partial charge in [-0.25, -0.2) is 0 Å². The maximum Gasteiger partial charge on any atom is 0.261 e. The highest BCUT2D eigenvalue weighted by molar-refractivity contribution is 5.84. The van der Waals surface area contributed by atoms with Crippen molar-refractivity contribution < 1.29 is 19.0 Å². The topological polar surface area (TPSA) is 56.8 Å². The average Bonchev–Trinajstić information content (AvgIpc) is 2.77. The van der Waals surface area contributed by atoms with Crippen molar-refractivity contribution in [1.29, 1.82) is 0 Å². The van der Waals surface area contributed by atoms with Gasteiger partial charge in [0.2, 0.25) is 0 Å². The molecule has 152 valence electrons. The minimum absolute atomic E-state index is 0.110. The van der Waals surface area contributed by atoms with Gasteiger partial charge in [-0.2, -0.15) is 0 Å². The molecule has 1 N–H and O–H groups in total. The predicted molar refractivity (Wildman–Crippen MR) is 115 cm³/mol. The normalized spacial score (nSPS) is 11.7. The van der Waals surface area contributed by atoms with Crippen LogP contribution >= 0.6 is 0 Å². The van der Waals surface area contributed by atoms with Gasteiger partial charge in [-0.05, 0) is 53.4 Å². The zero-order chi connectivity index (χ0) is 20.6. The average molecular weight is 393 g/mol. The number of nitrogens with one attached hydrogen (secondary N) is 1. The molecular formula is C24H27NO4. The van der Waals surface area contributed by atoms with E-state index in [0.29, 0.717) is 36.6 Å². The Labute approximate surface area is 171 Å². The minimum atomic E-state index is -0.526. The molecule has 5 heteroatoms. The van der Waals surface area contributed by atoms with Gasteiger partial charge in [-0.3, -0.25) is 4.79 Å². The largest absolute Gasteiger partial charge is 0.493 e. The highest BCUT2D eigenvalue weighted by Crippen LogP contribution is 2.27. The van der Waals surface area contributed by atoms with Crippen molar-refractivity contribution in [3.8, 4) is 17.2 Å². The molecule has 1 unspecified atom stereocenters. The lowest BCUT2D eigenvalue weighted by Gasteiger charge is -2.18. The van der Waals surface area contributed by atoms with Crippen LogP contribution in [0.1, 0.15) is 18.9 Å². The van der Waals surface area contributed by atoms with Crippen LogP contribution in [0.15, 0.2) is 60.7 Å². The van der Waals surface area contributed by atoms with E-state index in [4.69, 9.17) is 14.2 Å². The van der Waals surface area contributed by atoms with Crippen molar-refractivity contribution >= 4 is 16.7 Å². The van der Waals surface area contributed by atoms with Crippen molar-refractivity contribution in [2.45, 2.75) is 25.9 Å². The lowest BCUT2D eigenvalue weighted by Crippen LogP contribution is -2.38. The van der Waals surface area contributed by atoms with E-state index in [1.54, 1.807) is 14.2 Å². The van der Waals surface area contributed by atoms with E-state index in [0.717, 1.165) is 16.3 Å². The van der Waals surface area contributed by atoms with Crippen molar-refractivity contribution in [3.05, 3.63) is 66.2 Å². The molecule has 0 aromatic heterocycles. The Morgan fingerprint density at radius 3 is 2.41 bits per heavy atom. The molecule has 5 nitrogen and oxygen atoms in total. The van der Waals surface area contributed by atoms with E-state index in [2.05, 4.69) is 11.4 Å². The zero-order valence-corrected chi connectivity index (χ0v) is 17.1. The van der Waals surface area contributed by atoms with Gasteiger partial charge in [-0.1, -0.05) is 43.3 Å². The van der Waals surface area contributed by atoms with Crippen LogP contribution in [0.2, 0.25) is 0 Å². The Morgan fingerprint density at radius 1 is 0.931 bits per heavy atom. The molecule has 0 heterocycles. The third-order valence-corrected chi connectivity index (χ3v) is 4.82. The molecule has 0 saturated carbocycles. The Kier molecular flexibility index (Phi) is 6.95.